The van der Waals surface area contributed by atoms with Gasteiger partial charge < -0.3 is 5.11 Å². The highest BCUT2D eigenvalue weighted by Crippen LogP contribution is 2.18. The Labute approximate surface area is 96.9 Å². The van der Waals surface area contributed by atoms with Gasteiger partial charge in [-0.05, 0) is 30.2 Å². The van der Waals surface area contributed by atoms with Crippen molar-refractivity contribution in [3.63, 3.8) is 0 Å². The van der Waals surface area contributed by atoms with Crippen molar-refractivity contribution in [2.75, 3.05) is 0 Å². The van der Waals surface area contributed by atoms with Crippen LogP contribution in [0, 0.1) is 12.7 Å². The molecule has 15 heavy (non-hydrogen) atoms. The maximum Gasteiger partial charge on any atom is 0.127 e. The molecular formula is C12H20ClFO. The average molecular weight is 235 g/mol. The second kappa shape index (κ2) is 9.94. The van der Waals surface area contributed by atoms with E-state index < -0.39 is 0 Å². The van der Waals surface area contributed by atoms with Crippen LogP contribution < -0.4 is 0 Å². The summed E-state index contributed by atoms with van der Waals surface area (Å²) in [4.78, 5) is 0. The Kier molecular flexibility index (Phi) is 11.1. The van der Waals surface area contributed by atoms with Gasteiger partial charge in [-0.25, -0.2) is 4.39 Å². The Morgan fingerprint density at radius 2 is 1.67 bits per heavy atom. The van der Waals surface area contributed by atoms with E-state index >= 15 is 0 Å². The molecule has 0 spiro atoms. The lowest BCUT2D eigenvalue weighted by Crippen LogP contribution is -1.92. The molecule has 0 atom stereocenters. The summed E-state index contributed by atoms with van der Waals surface area (Å²) in [6, 6.07) is 2.79. The van der Waals surface area contributed by atoms with Gasteiger partial charge in [-0.2, -0.15) is 0 Å². The zero-order valence-corrected chi connectivity index (χ0v) is 10.8. The van der Waals surface area contributed by atoms with Gasteiger partial charge in [0.25, 0.3) is 0 Å². The molecule has 0 amide bonds. The molecule has 0 aliphatic rings. The second-order valence-electron chi connectivity index (χ2n) is 2.33. The molecule has 0 saturated carbocycles. The lowest BCUT2D eigenvalue weighted by atomic mass is 10.1. The van der Waals surface area contributed by atoms with Crippen LogP contribution in [0.5, 0.6) is 0 Å². The van der Waals surface area contributed by atoms with Gasteiger partial charge in [-0.3, -0.25) is 0 Å². The number of halogens is 2. The highest BCUT2D eigenvalue weighted by Gasteiger charge is 2.04. The summed E-state index contributed by atoms with van der Waals surface area (Å²) in [7, 11) is 0. The minimum absolute atomic E-state index is 0.177. The van der Waals surface area contributed by atoms with E-state index in [9.17, 15) is 4.39 Å². The summed E-state index contributed by atoms with van der Waals surface area (Å²) in [6.07, 6.45) is 0. The molecule has 3 heteroatoms. The van der Waals surface area contributed by atoms with E-state index in [2.05, 4.69) is 0 Å². The van der Waals surface area contributed by atoms with Gasteiger partial charge in [0, 0.05) is 5.02 Å². The van der Waals surface area contributed by atoms with Crippen molar-refractivity contribution < 1.29 is 9.50 Å². The molecule has 0 aromatic heterocycles. The molecule has 0 radical (unpaired) electrons. The number of rotatable bonds is 1. The lowest BCUT2D eigenvalue weighted by molar-refractivity contribution is 0.280. The average Bonchev–Trinajstić information content (AvgIpc) is 2.29. The van der Waals surface area contributed by atoms with Gasteiger partial charge >= 0.3 is 0 Å². The SMILES string of the molecule is CC.CC.Cc1c(F)cc(Cl)cc1CO. The van der Waals surface area contributed by atoms with Crippen molar-refractivity contribution in [3.05, 3.63) is 34.1 Å². The van der Waals surface area contributed by atoms with E-state index in [4.69, 9.17) is 16.7 Å². The largest absolute Gasteiger partial charge is 0.392 e. The Bertz CT molecular complexity index is 275. The van der Waals surface area contributed by atoms with E-state index in [1.165, 1.54) is 6.07 Å². The van der Waals surface area contributed by atoms with Crippen LogP contribution in [0.4, 0.5) is 4.39 Å². The molecule has 0 bridgehead atoms. The third-order valence-electron chi connectivity index (χ3n) is 1.59. The van der Waals surface area contributed by atoms with E-state index in [0.29, 0.717) is 16.1 Å². The first kappa shape index (κ1) is 16.8. The minimum Gasteiger partial charge on any atom is -0.392 e. The van der Waals surface area contributed by atoms with Crippen LogP contribution in [0.15, 0.2) is 12.1 Å². The van der Waals surface area contributed by atoms with Crippen molar-refractivity contribution in [3.8, 4) is 0 Å². The molecule has 0 unspecified atom stereocenters. The van der Waals surface area contributed by atoms with Crippen molar-refractivity contribution in [1.82, 2.24) is 0 Å². The molecule has 0 heterocycles. The molecule has 1 nitrogen and oxygen atoms in total. The monoisotopic (exact) mass is 234 g/mol. The smallest absolute Gasteiger partial charge is 0.127 e. The van der Waals surface area contributed by atoms with Crippen LogP contribution in [0.2, 0.25) is 5.02 Å². The summed E-state index contributed by atoms with van der Waals surface area (Å²) in [6.45, 7) is 9.43. The fourth-order valence-electron chi connectivity index (χ4n) is 0.863. The Hall–Kier alpha value is -0.600. The van der Waals surface area contributed by atoms with Crippen LogP contribution in [0.3, 0.4) is 0 Å². The van der Waals surface area contributed by atoms with Crippen LogP contribution >= 0.6 is 11.6 Å². The molecule has 0 fully saturated rings. The fraction of sp³-hybridized carbons (Fsp3) is 0.500. The van der Waals surface area contributed by atoms with E-state index in [-0.39, 0.29) is 12.4 Å². The van der Waals surface area contributed by atoms with Gasteiger partial charge in [-0.15, -0.1) is 0 Å². The third-order valence-corrected chi connectivity index (χ3v) is 1.81. The number of aliphatic hydroxyl groups excluding tert-OH is 1. The van der Waals surface area contributed by atoms with Crippen LogP contribution in [-0.4, -0.2) is 5.11 Å². The maximum absolute atomic E-state index is 12.8. The summed E-state index contributed by atoms with van der Waals surface area (Å²) in [5.74, 6) is -0.374. The van der Waals surface area contributed by atoms with Crippen LogP contribution in [-0.2, 0) is 6.61 Å². The zero-order valence-electron chi connectivity index (χ0n) is 10.1. The normalized spacial score (nSPS) is 8.27. The number of aliphatic hydroxyl groups is 1. The first-order valence-electron chi connectivity index (χ1n) is 5.20. The summed E-state index contributed by atoms with van der Waals surface area (Å²) >= 11 is 5.55. The topological polar surface area (TPSA) is 20.2 Å². The number of hydrogen-bond acceptors (Lipinski definition) is 1. The summed E-state index contributed by atoms with van der Waals surface area (Å²) < 4.78 is 12.8. The highest BCUT2D eigenvalue weighted by atomic mass is 35.5. The van der Waals surface area contributed by atoms with E-state index in [1.807, 2.05) is 27.7 Å². The van der Waals surface area contributed by atoms with Gasteiger partial charge in [0.15, 0.2) is 0 Å². The molecule has 1 rings (SSSR count). The molecule has 1 aromatic rings. The quantitative estimate of drug-likeness (QED) is 0.767. The Morgan fingerprint density at radius 1 is 1.20 bits per heavy atom. The second-order valence-corrected chi connectivity index (χ2v) is 2.77. The van der Waals surface area contributed by atoms with Crippen molar-refractivity contribution >= 4 is 11.6 Å². The molecule has 0 aliphatic heterocycles. The van der Waals surface area contributed by atoms with Crippen molar-refractivity contribution in [2.24, 2.45) is 0 Å². The molecule has 1 aromatic carbocycles. The summed E-state index contributed by atoms with van der Waals surface area (Å²) in [5, 5.41) is 9.06. The Morgan fingerprint density at radius 3 is 2.07 bits per heavy atom. The molecule has 0 saturated heterocycles. The van der Waals surface area contributed by atoms with Crippen LogP contribution in [0.1, 0.15) is 38.8 Å². The van der Waals surface area contributed by atoms with Crippen LogP contribution in [0.25, 0.3) is 0 Å². The van der Waals surface area contributed by atoms with Crippen molar-refractivity contribution in [2.45, 2.75) is 41.2 Å². The standard InChI is InChI=1S/C8H8ClFO.2C2H6/c1-5-6(4-11)2-7(9)3-8(5)10;2*1-2/h2-3,11H,4H2,1H3;2*1-2H3. The first-order chi connectivity index (χ1) is 7.15. The van der Waals surface area contributed by atoms with Gasteiger partial charge in [0.2, 0.25) is 0 Å². The molecular weight excluding hydrogens is 215 g/mol. The van der Waals surface area contributed by atoms with E-state index in [1.54, 1.807) is 13.0 Å². The zero-order chi connectivity index (χ0) is 12.4. The highest BCUT2D eigenvalue weighted by molar-refractivity contribution is 6.30. The maximum atomic E-state index is 12.8. The van der Waals surface area contributed by atoms with E-state index in [0.717, 1.165) is 0 Å². The third kappa shape index (κ3) is 5.75. The van der Waals surface area contributed by atoms with Crippen molar-refractivity contribution in [1.29, 1.82) is 0 Å². The minimum atomic E-state index is -0.374. The molecule has 88 valence electrons. The number of hydrogen-bond donors (Lipinski definition) is 1. The molecule has 0 aliphatic carbocycles. The molecule has 1 N–H and O–H groups in total. The van der Waals surface area contributed by atoms with Gasteiger partial charge in [-0.1, -0.05) is 39.3 Å². The predicted molar refractivity (Wildman–Crippen MR) is 64.8 cm³/mol. The fourth-order valence-corrected chi connectivity index (χ4v) is 1.09. The number of benzene rings is 1. The Balaban J connectivity index is 0. The van der Waals surface area contributed by atoms with Gasteiger partial charge in [0.1, 0.15) is 5.82 Å². The predicted octanol–water partition coefficient (Wildman–Crippen LogP) is 4.33. The van der Waals surface area contributed by atoms with Gasteiger partial charge in [0.05, 0.1) is 6.61 Å². The lowest BCUT2D eigenvalue weighted by Gasteiger charge is -2.03. The first-order valence-corrected chi connectivity index (χ1v) is 5.58. The summed E-state index contributed by atoms with van der Waals surface area (Å²) in [5.41, 5.74) is 0.993.